The highest BCUT2D eigenvalue weighted by Gasteiger charge is 2.26. The second-order valence-corrected chi connectivity index (χ2v) is 10.8. The summed E-state index contributed by atoms with van der Waals surface area (Å²) < 4.78 is 33.0. The molecule has 2 aliphatic heterocycles. The SMILES string of the molecule is COc1ccc(S(=O)(=O)N2CCCCC2)cc1CCC(=O)NCCCN1CCCCCC1. The third-order valence-electron chi connectivity index (χ3n) is 6.50. The third-order valence-corrected chi connectivity index (χ3v) is 8.39. The Labute approximate surface area is 193 Å². The van der Waals surface area contributed by atoms with Crippen LogP contribution in [0.1, 0.15) is 63.4 Å². The Bertz CT molecular complexity index is 830. The number of carbonyl (C=O) groups is 1. The number of nitrogens with zero attached hydrogens (tertiary/aromatic N) is 2. The van der Waals surface area contributed by atoms with Gasteiger partial charge in [0.2, 0.25) is 15.9 Å². The normalized spacial score (nSPS) is 18.8. The lowest BCUT2D eigenvalue weighted by Gasteiger charge is -2.26. The summed E-state index contributed by atoms with van der Waals surface area (Å²) in [5.41, 5.74) is 0.755. The van der Waals surface area contributed by atoms with Gasteiger partial charge in [-0.25, -0.2) is 8.42 Å². The predicted octanol–water partition coefficient (Wildman–Crippen LogP) is 3.18. The van der Waals surface area contributed by atoms with Crippen LogP contribution in [0.25, 0.3) is 0 Å². The second kappa shape index (κ2) is 12.6. The van der Waals surface area contributed by atoms with Gasteiger partial charge >= 0.3 is 0 Å². The van der Waals surface area contributed by atoms with E-state index in [-0.39, 0.29) is 10.8 Å². The first-order valence-corrected chi connectivity index (χ1v) is 13.6. The van der Waals surface area contributed by atoms with Crippen molar-refractivity contribution in [2.75, 3.05) is 46.4 Å². The van der Waals surface area contributed by atoms with Crippen molar-refractivity contribution in [1.29, 1.82) is 0 Å². The highest BCUT2D eigenvalue weighted by atomic mass is 32.2. The fourth-order valence-corrected chi connectivity index (χ4v) is 6.16. The number of benzene rings is 1. The number of likely N-dealkylation sites (tertiary alicyclic amines) is 1. The van der Waals surface area contributed by atoms with E-state index in [1.807, 2.05) is 0 Å². The smallest absolute Gasteiger partial charge is 0.243 e. The molecule has 8 heteroatoms. The molecule has 2 fully saturated rings. The van der Waals surface area contributed by atoms with Crippen molar-refractivity contribution in [3.05, 3.63) is 23.8 Å². The Hall–Kier alpha value is -1.64. The Morgan fingerprint density at radius 2 is 1.66 bits per heavy atom. The van der Waals surface area contributed by atoms with Gasteiger partial charge in [0, 0.05) is 26.1 Å². The van der Waals surface area contributed by atoms with E-state index in [4.69, 9.17) is 4.74 Å². The Balaban J connectivity index is 1.49. The van der Waals surface area contributed by atoms with Crippen LogP contribution in [0.4, 0.5) is 0 Å². The van der Waals surface area contributed by atoms with Gasteiger partial charge < -0.3 is 15.0 Å². The van der Waals surface area contributed by atoms with Crippen molar-refractivity contribution in [1.82, 2.24) is 14.5 Å². The van der Waals surface area contributed by atoms with Gasteiger partial charge in [-0.15, -0.1) is 0 Å². The van der Waals surface area contributed by atoms with Gasteiger partial charge in [0.15, 0.2) is 0 Å². The number of rotatable bonds is 10. The summed E-state index contributed by atoms with van der Waals surface area (Å²) in [7, 11) is -1.94. The summed E-state index contributed by atoms with van der Waals surface area (Å²) >= 11 is 0. The number of methoxy groups -OCH3 is 1. The standard InChI is InChI=1S/C24H39N3O4S/c1-31-23-12-11-22(32(29,30)27-18-7-4-8-19-27)20-21(23)10-13-24(28)25-14-9-17-26-15-5-2-3-6-16-26/h11-12,20H,2-10,13-19H2,1H3,(H,25,28). The van der Waals surface area contributed by atoms with Crippen molar-refractivity contribution in [2.24, 2.45) is 0 Å². The maximum atomic E-state index is 13.0. The molecule has 3 rings (SSSR count). The van der Waals surface area contributed by atoms with Crippen LogP contribution in [0.5, 0.6) is 5.75 Å². The quantitative estimate of drug-likeness (QED) is 0.537. The topological polar surface area (TPSA) is 79.0 Å². The zero-order valence-electron chi connectivity index (χ0n) is 19.5. The van der Waals surface area contributed by atoms with Gasteiger partial charge in [0.25, 0.3) is 0 Å². The van der Waals surface area contributed by atoms with Crippen LogP contribution in [0.3, 0.4) is 0 Å². The monoisotopic (exact) mass is 465 g/mol. The van der Waals surface area contributed by atoms with E-state index in [2.05, 4.69) is 10.2 Å². The molecule has 1 amide bonds. The first-order valence-electron chi connectivity index (χ1n) is 12.2. The lowest BCUT2D eigenvalue weighted by molar-refractivity contribution is -0.121. The number of carbonyl (C=O) groups excluding carboxylic acids is 1. The van der Waals surface area contributed by atoms with Crippen LogP contribution in [0, 0.1) is 0 Å². The van der Waals surface area contributed by atoms with Crippen molar-refractivity contribution in [3.8, 4) is 5.75 Å². The minimum Gasteiger partial charge on any atom is -0.496 e. The fourth-order valence-electron chi connectivity index (χ4n) is 4.59. The lowest BCUT2D eigenvalue weighted by Crippen LogP contribution is -2.35. The van der Waals surface area contributed by atoms with Gasteiger partial charge in [0.05, 0.1) is 12.0 Å². The average Bonchev–Trinajstić information content (AvgIpc) is 3.09. The number of piperidine rings is 1. The van der Waals surface area contributed by atoms with Crippen LogP contribution in [0.2, 0.25) is 0 Å². The molecule has 2 saturated heterocycles. The molecule has 1 aromatic carbocycles. The molecule has 0 unspecified atom stereocenters. The Morgan fingerprint density at radius 1 is 1.00 bits per heavy atom. The average molecular weight is 466 g/mol. The van der Waals surface area contributed by atoms with Crippen molar-refractivity contribution in [3.63, 3.8) is 0 Å². The summed E-state index contributed by atoms with van der Waals surface area (Å²) in [6.07, 6.45) is 9.82. The molecule has 0 aliphatic carbocycles. The third kappa shape index (κ3) is 7.18. The predicted molar refractivity (Wildman–Crippen MR) is 126 cm³/mol. The number of aryl methyl sites for hydroxylation is 1. The fraction of sp³-hybridized carbons (Fsp3) is 0.708. The molecule has 1 aromatic rings. The largest absolute Gasteiger partial charge is 0.496 e. The molecule has 7 nitrogen and oxygen atoms in total. The molecule has 2 heterocycles. The zero-order chi connectivity index (χ0) is 22.8. The molecular formula is C24H39N3O4S. The maximum absolute atomic E-state index is 13.0. The maximum Gasteiger partial charge on any atom is 0.243 e. The van der Waals surface area contributed by atoms with Crippen molar-refractivity contribution < 1.29 is 17.9 Å². The minimum atomic E-state index is -3.51. The molecule has 0 aromatic heterocycles. The summed E-state index contributed by atoms with van der Waals surface area (Å²) in [6, 6.07) is 4.98. The van der Waals surface area contributed by atoms with Gasteiger partial charge in [-0.05, 0) is 81.9 Å². The second-order valence-electron chi connectivity index (χ2n) is 8.90. The van der Waals surface area contributed by atoms with E-state index in [1.54, 1.807) is 29.6 Å². The molecule has 0 atom stereocenters. The number of ether oxygens (including phenoxy) is 1. The van der Waals surface area contributed by atoms with E-state index in [9.17, 15) is 13.2 Å². The molecule has 0 spiro atoms. The molecule has 32 heavy (non-hydrogen) atoms. The van der Waals surface area contributed by atoms with E-state index in [1.165, 1.54) is 38.8 Å². The summed E-state index contributed by atoms with van der Waals surface area (Å²) in [5, 5.41) is 3.01. The van der Waals surface area contributed by atoms with Crippen LogP contribution >= 0.6 is 0 Å². The summed E-state index contributed by atoms with van der Waals surface area (Å²) in [4.78, 5) is 15.1. The van der Waals surface area contributed by atoms with Crippen molar-refractivity contribution in [2.45, 2.75) is 69.1 Å². The number of sulfonamides is 1. The van der Waals surface area contributed by atoms with E-state index in [0.29, 0.717) is 38.2 Å². The molecule has 0 saturated carbocycles. The lowest BCUT2D eigenvalue weighted by atomic mass is 10.1. The summed E-state index contributed by atoms with van der Waals surface area (Å²) in [5.74, 6) is 0.615. The molecule has 0 radical (unpaired) electrons. The number of nitrogens with one attached hydrogen (secondary N) is 1. The Kier molecular flexibility index (Phi) is 9.81. The number of amides is 1. The molecular weight excluding hydrogens is 426 g/mol. The van der Waals surface area contributed by atoms with Crippen molar-refractivity contribution >= 4 is 15.9 Å². The minimum absolute atomic E-state index is 0.00721. The van der Waals surface area contributed by atoms with E-state index >= 15 is 0 Å². The number of hydrogen-bond acceptors (Lipinski definition) is 5. The molecule has 1 N–H and O–H groups in total. The van der Waals surface area contributed by atoms with Gasteiger partial charge in [-0.2, -0.15) is 4.31 Å². The van der Waals surface area contributed by atoms with Gasteiger partial charge in [-0.1, -0.05) is 19.3 Å². The molecule has 180 valence electrons. The van der Waals surface area contributed by atoms with Crippen LogP contribution in [0.15, 0.2) is 23.1 Å². The van der Waals surface area contributed by atoms with E-state index in [0.717, 1.165) is 37.8 Å². The molecule has 0 bridgehead atoms. The van der Waals surface area contributed by atoms with Crippen LogP contribution < -0.4 is 10.1 Å². The Morgan fingerprint density at radius 3 is 2.34 bits per heavy atom. The van der Waals surface area contributed by atoms with Gasteiger partial charge in [-0.3, -0.25) is 4.79 Å². The summed E-state index contributed by atoms with van der Waals surface area (Å²) in [6.45, 7) is 5.20. The van der Waals surface area contributed by atoms with Crippen LogP contribution in [-0.2, 0) is 21.2 Å². The zero-order valence-corrected chi connectivity index (χ0v) is 20.3. The van der Waals surface area contributed by atoms with Crippen LogP contribution in [-0.4, -0.2) is 69.9 Å². The van der Waals surface area contributed by atoms with Gasteiger partial charge in [0.1, 0.15) is 5.75 Å². The van der Waals surface area contributed by atoms with E-state index < -0.39 is 10.0 Å². The molecule has 2 aliphatic rings. The first-order chi connectivity index (χ1) is 15.5. The first kappa shape index (κ1) is 25.0. The number of hydrogen-bond donors (Lipinski definition) is 1. The highest BCUT2D eigenvalue weighted by Crippen LogP contribution is 2.27. The highest BCUT2D eigenvalue weighted by molar-refractivity contribution is 7.89.